The second-order valence-corrected chi connectivity index (χ2v) is 9.18. The lowest BCUT2D eigenvalue weighted by Gasteiger charge is -2.25. The van der Waals surface area contributed by atoms with E-state index >= 15 is 0 Å². The third-order valence-electron chi connectivity index (χ3n) is 4.63. The quantitative estimate of drug-likeness (QED) is 0.444. The van der Waals surface area contributed by atoms with Crippen molar-refractivity contribution >= 4 is 11.8 Å². The van der Waals surface area contributed by atoms with Crippen molar-refractivity contribution in [3.63, 3.8) is 0 Å². The average Bonchev–Trinajstić information content (AvgIpc) is 2.76. The molecule has 1 heterocycles. The Balaban J connectivity index is 2.56. The Hall–Kier alpha value is -3.47. The lowest BCUT2D eigenvalue weighted by Crippen LogP contribution is -2.48. The maximum Gasteiger partial charge on any atom is 0.430 e. The molecule has 1 atom stereocenters. The summed E-state index contributed by atoms with van der Waals surface area (Å²) < 4.78 is 24.4. The fraction of sp³-hybridized carbons (Fsp3) is 0.500. The van der Waals surface area contributed by atoms with Gasteiger partial charge in [-0.05, 0) is 65.8 Å². The first kappa shape index (κ1) is 27.8. The molecular formula is C24H33FN4O6. The van der Waals surface area contributed by atoms with E-state index in [1.807, 2.05) is 0 Å². The second kappa shape index (κ2) is 11.3. The van der Waals surface area contributed by atoms with Crippen molar-refractivity contribution in [1.29, 1.82) is 0 Å². The van der Waals surface area contributed by atoms with Gasteiger partial charge in [0.05, 0.1) is 30.2 Å². The van der Waals surface area contributed by atoms with Gasteiger partial charge in [-0.3, -0.25) is 4.79 Å². The number of nitrogens with zero attached hydrogens (tertiary/aromatic N) is 4. The number of halogens is 1. The van der Waals surface area contributed by atoms with Crippen LogP contribution in [0, 0.1) is 5.82 Å². The van der Waals surface area contributed by atoms with Crippen molar-refractivity contribution in [1.82, 2.24) is 9.89 Å². The van der Waals surface area contributed by atoms with Crippen molar-refractivity contribution in [2.75, 3.05) is 19.2 Å². The molecule has 1 unspecified atom stereocenters. The number of ether oxygens (including phenoxy) is 2. The van der Waals surface area contributed by atoms with Gasteiger partial charge in [0, 0.05) is 19.0 Å². The molecule has 1 aromatic heterocycles. The zero-order valence-electron chi connectivity index (χ0n) is 21.3. The molecule has 1 amide bonds. The van der Waals surface area contributed by atoms with Gasteiger partial charge in [0.2, 0.25) is 0 Å². The number of amides is 1. The van der Waals surface area contributed by atoms with Gasteiger partial charge < -0.3 is 19.4 Å². The maximum atomic E-state index is 13.8. The zero-order valence-corrected chi connectivity index (χ0v) is 21.3. The Kier molecular flexibility index (Phi) is 8.97. The summed E-state index contributed by atoms with van der Waals surface area (Å²) in [5.41, 5.74) is -0.660. The number of hydrogen-bond donors (Lipinski definition) is 1. The number of oxime groups is 1. The van der Waals surface area contributed by atoms with Gasteiger partial charge in [-0.2, -0.15) is 10.1 Å². The lowest BCUT2D eigenvalue weighted by molar-refractivity contribution is 0.0541. The highest BCUT2D eigenvalue weighted by Gasteiger charge is 2.25. The van der Waals surface area contributed by atoms with Gasteiger partial charge in [-0.1, -0.05) is 5.16 Å². The van der Waals surface area contributed by atoms with E-state index in [4.69, 9.17) is 14.3 Å². The van der Waals surface area contributed by atoms with E-state index < -0.39 is 29.2 Å². The van der Waals surface area contributed by atoms with Crippen LogP contribution in [-0.4, -0.2) is 52.7 Å². The molecule has 0 aliphatic carbocycles. The fourth-order valence-corrected chi connectivity index (χ4v) is 3.01. The van der Waals surface area contributed by atoms with Crippen molar-refractivity contribution in [2.24, 2.45) is 5.16 Å². The fourth-order valence-electron chi connectivity index (χ4n) is 3.01. The summed E-state index contributed by atoms with van der Waals surface area (Å²) in [5.74, 6) is -0.252. The third kappa shape index (κ3) is 7.51. The molecule has 2 rings (SSSR count). The van der Waals surface area contributed by atoms with Crippen LogP contribution in [0.1, 0.15) is 64.5 Å². The summed E-state index contributed by atoms with van der Waals surface area (Å²) >= 11 is 0. The summed E-state index contributed by atoms with van der Waals surface area (Å²) in [4.78, 5) is 31.9. The molecule has 1 aromatic carbocycles. The molecular weight excluding hydrogens is 459 g/mol. The molecule has 2 aromatic rings. The summed E-state index contributed by atoms with van der Waals surface area (Å²) in [6.07, 6.45) is -2.37. The molecule has 192 valence electrons. The Bertz CT molecular complexity index is 1140. The minimum atomic E-state index is -1.22. The van der Waals surface area contributed by atoms with Crippen molar-refractivity contribution in [3.8, 4) is 5.75 Å². The normalized spacial score (nSPS) is 12.9. The minimum absolute atomic E-state index is 0.101. The van der Waals surface area contributed by atoms with Crippen LogP contribution < -0.4 is 15.3 Å². The van der Waals surface area contributed by atoms with Crippen LogP contribution in [0.3, 0.4) is 0 Å². The third-order valence-corrected chi connectivity index (χ3v) is 4.63. The standard InChI is InChI=1S/C24H33FN4O6/c1-14(2)35-27-15(3)18-12-17(13-20(30)19-11-16(25)9-10-21(19)33-8)26-29(22(18)31)28(7)23(32)34-24(4,5)6/h9-12,14,20,30H,13H2,1-8H3/b27-15+. The lowest BCUT2D eigenvalue weighted by atomic mass is 10.0. The number of aromatic nitrogens is 2. The Morgan fingerprint density at radius 3 is 2.51 bits per heavy atom. The highest BCUT2D eigenvalue weighted by atomic mass is 19.1. The van der Waals surface area contributed by atoms with Crippen LogP contribution in [0.2, 0.25) is 0 Å². The number of aliphatic hydroxyl groups excluding tert-OH is 1. The van der Waals surface area contributed by atoms with Crippen molar-refractivity contribution in [3.05, 3.63) is 57.3 Å². The number of methoxy groups -OCH3 is 1. The molecule has 0 bridgehead atoms. The van der Waals surface area contributed by atoms with E-state index in [9.17, 15) is 19.1 Å². The monoisotopic (exact) mass is 492 g/mol. The average molecular weight is 493 g/mol. The minimum Gasteiger partial charge on any atom is -0.496 e. The van der Waals surface area contributed by atoms with Crippen LogP contribution >= 0.6 is 0 Å². The van der Waals surface area contributed by atoms with Gasteiger partial charge in [-0.15, -0.1) is 4.79 Å². The molecule has 0 spiro atoms. The van der Waals surface area contributed by atoms with E-state index in [0.29, 0.717) is 5.75 Å². The number of hydrogen-bond acceptors (Lipinski definition) is 8. The molecule has 11 heteroatoms. The van der Waals surface area contributed by atoms with E-state index in [-0.39, 0.29) is 35.1 Å². The summed E-state index contributed by atoms with van der Waals surface area (Å²) in [6, 6.07) is 5.23. The Labute approximate surface area is 203 Å². The van der Waals surface area contributed by atoms with Crippen molar-refractivity contribution in [2.45, 2.75) is 65.8 Å². The largest absolute Gasteiger partial charge is 0.496 e. The Morgan fingerprint density at radius 2 is 1.94 bits per heavy atom. The molecule has 10 nitrogen and oxygen atoms in total. The van der Waals surface area contributed by atoms with Crippen LogP contribution in [0.15, 0.2) is 34.2 Å². The van der Waals surface area contributed by atoms with Gasteiger partial charge in [-0.25, -0.2) is 9.18 Å². The van der Waals surface area contributed by atoms with E-state index in [1.54, 1.807) is 41.5 Å². The zero-order chi connectivity index (χ0) is 26.5. The van der Waals surface area contributed by atoms with E-state index in [0.717, 1.165) is 15.9 Å². The smallest absolute Gasteiger partial charge is 0.430 e. The number of benzene rings is 1. The highest BCUT2D eigenvalue weighted by Crippen LogP contribution is 2.28. The van der Waals surface area contributed by atoms with Crippen LogP contribution in [-0.2, 0) is 16.0 Å². The number of rotatable bonds is 8. The summed E-state index contributed by atoms with van der Waals surface area (Å²) in [5, 5.41) is 20.0. The topological polar surface area (TPSA) is 115 Å². The summed E-state index contributed by atoms with van der Waals surface area (Å²) in [6.45, 7) is 10.2. The molecule has 0 saturated heterocycles. The highest BCUT2D eigenvalue weighted by molar-refractivity contribution is 5.98. The van der Waals surface area contributed by atoms with Crippen LogP contribution in [0.25, 0.3) is 0 Å². The molecule has 1 N–H and O–H groups in total. The molecule has 0 saturated carbocycles. The molecule has 0 aliphatic rings. The first-order valence-electron chi connectivity index (χ1n) is 11.1. The van der Waals surface area contributed by atoms with Gasteiger partial charge >= 0.3 is 6.09 Å². The predicted octanol–water partition coefficient (Wildman–Crippen LogP) is 3.32. The van der Waals surface area contributed by atoms with Gasteiger partial charge in [0.1, 0.15) is 23.3 Å². The molecule has 0 radical (unpaired) electrons. The second-order valence-electron chi connectivity index (χ2n) is 9.18. The molecule has 0 aliphatic heterocycles. The SMILES string of the molecule is COc1ccc(F)cc1C(O)Cc1cc(/C(C)=N/OC(C)C)c(=O)n(N(C)C(=O)OC(C)(C)C)n1. The maximum absolute atomic E-state index is 13.8. The first-order chi connectivity index (χ1) is 16.2. The molecule has 0 fully saturated rings. The Morgan fingerprint density at radius 1 is 1.29 bits per heavy atom. The first-order valence-corrected chi connectivity index (χ1v) is 11.1. The van der Waals surface area contributed by atoms with Crippen LogP contribution in [0.4, 0.5) is 9.18 Å². The van der Waals surface area contributed by atoms with Gasteiger partial charge in [0.25, 0.3) is 5.56 Å². The van der Waals surface area contributed by atoms with E-state index in [1.165, 1.54) is 32.4 Å². The number of carbonyl (C=O) groups excluding carboxylic acids is 1. The van der Waals surface area contributed by atoms with Crippen LogP contribution in [0.5, 0.6) is 5.75 Å². The van der Waals surface area contributed by atoms with Crippen molar-refractivity contribution < 1.29 is 28.6 Å². The molecule has 35 heavy (non-hydrogen) atoms. The van der Waals surface area contributed by atoms with E-state index in [2.05, 4.69) is 10.3 Å². The predicted molar refractivity (Wildman–Crippen MR) is 129 cm³/mol. The number of aliphatic hydroxyl groups is 1. The summed E-state index contributed by atoms with van der Waals surface area (Å²) in [7, 11) is 2.74. The number of carbonyl (C=O) groups is 1. The van der Waals surface area contributed by atoms with Gasteiger partial charge in [0.15, 0.2) is 0 Å².